The van der Waals surface area contributed by atoms with Gasteiger partial charge in [0.1, 0.15) is 0 Å². The first-order chi connectivity index (χ1) is 9.72. The van der Waals surface area contributed by atoms with Crippen molar-refractivity contribution >= 4 is 11.8 Å². The van der Waals surface area contributed by atoms with Gasteiger partial charge in [0.2, 0.25) is 0 Å². The Bertz CT molecular complexity index is 404. The van der Waals surface area contributed by atoms with Crippen LogP contribution in [0.2, 0.25) is 0 Å². The number of rotatable bonds is 1. The highest BCUT2D eigenvalue weighted by Gasteiger charge is 2.45. The Kier molecular flexibility index (Phi) is 3.85. The van der Waals surface area contributed by atoms with Gasteiger partial charge in [0.25, 0.3) is 0 Å². The van der Waals surface area contributed by atoms with Crippen LogP contribution < -0.4 is 0 Å². The van der Waals surface area contributed by atoms with Crippen LogP contribution in [0.4, 0.5) is 4.79 Å². The number of carbonyl (C=O) groups is 1. The van der Waals surface area contributed by atoms with E-state index >= 15 is 0 Å². The Labute approximate surface area is 120 Å². The highest BCUT2D eigenvalue weighted by Crippen LogP contribution is 2.38. The smallest absolute Gasteiger partial charge is 0.409 e. The third-order valence-electron chi connectivity index (χ3n) is 4.91. The van der Waals surface area contributed by atoms with Gasteiger partial charge in [0.05, 0.1) is 19.4 Å². The average Bonchev–Trinajstić information content (AvgIpc) is 2.91. The number of nitrogens with zero attached hydrogens (tertiary/aromatic N) is 2. The lowest BCUT2D eigenvalue weighted by atomic mass is 9.80. The van der Waals surface area contributed by atoms with Gasteiger partial charge >= 0.3 is 6.09 Å². The fraction of sp³-hybridized carbons (Fsp3) is 0.867. The van der Waals surface area contributed by atoms with Crippen molar-refractivity contribution in [3.8, 4) is 0 Å². The molecule has 1 spiro atoms. The molecule has 3 rings (SSSR count). The molecule has 3 aliphatic rings. The predicted octanol–water partition coefficient (Wildman–Crippen LogP) is 2.94. The third-order valence-corrected chi connectivity index (χ3v) is 4.91. The van der Waals surface area contributed by atoms with E-state index in [0.29, 0.717) is 12.5 Å². The van der Waals surface area contributed by atoms with E-state index in [-0.39, 0.29) is 11.7 Å². The molecule has 1 atom stereocenters. The molecule has 2 aliphatic heterocycles. The van der Waals surface area contributed by atoms with Crippen molar-refractivity contribution in [3.05, 3.63) is 0 Å². The zero-order chi connectivity index (χ0) is 14.0. The summed E-state index contributed by atoms with van der Waals surface area (Å²) in [6.45, 7) is 1.37. The highest BCUT2D eigenvalue weighted by molar-refractivity contribution is 5.88. The Morgan fingerprint density at radius 1 is 1.35 bits per heavy atom. The molecule has 1 unspecified atom stereocenters. The average molecular weight is 280 g/mol. The minimum Gasteiger partial charge on any atom is -0.453 e. The maximum Gasteiger partial charge on any atom is 0.409 e. The van der Waals surface area contributed by atoms with Gasteiger partial charge in [-0.1, -0.05) is 24.4 Å². The van der Waals surface area contributed by atoms with E-state index in [2.05, 4.69) is 5.16 Å². The summed E-state index contributed by atoms with van der Waals surface area (Å²) in [6.07, 6.45) is 9.06. The summed E-state index contributed by atoms with van der Waals surface area (Å²) in [5.41, 5.74) is 0.954. The van der Waals surface area contributed by atoms with Crippen molar-refractivity contribution in [1.82, 2.24) is 4.90 Å². The van der Waals surface area contributed by atoms with Crippen LogP contribution in [-0.2, 0) is 9.57 Å². The molecule has 0 bridgehead atoms. The molecule has 5 nitrogen and oxygen atoms in total. The van der Waals surface area contributed by atoms with Crippen LogP contribution in [0.3, 0.4) is 0 Å². The number of likely N-dealkylation sites (tertiary alicyclic amines) is 1. The third kappa shape index (κ3) is 2.63. The van der Waals surface area contributed by atoms with E-state index in [4.69, 9.17) is 9.57 Å². The van der Waals surface area contributed by atoms with E-state index in [1.54, 1.807) is 4.90 Å². The molecule has 1 saturated carbocycles. The van der Waals surface area contributed by atoms with Crippen molar-refractivity contribution in [2.24, 2.45) is 11.1 Å². The molecule has 1 saturated heterocycles. The molecule has 5 heteroatoms. The number of amides is 1. The lowest BCUT2D eigenvalue weighted by Gasteiger charge is -2.37. The predicted molar refractivity (Wildman–Crippen MR) is 75.7 cm³/mol. The maximum atomic E-state index is 11.7. The molecular weight excluding hydrogens is 256 g/mol. The zero-order valence-corrected chi connectivity index (χ0v) is 12.3. The van der Waals surface area contributed by atoms with Crippen molar-refractivity contribution in [2.45, 2.75) is 57.0 Å². The molecule has 0 aromatic heterocycles. The van der Waals surface area contributed by atoms with Crippen molar-refractivity contribution in [2.75, 3.05) is 20.2 Å². The SMILES string of the molecule is COC(=O)N1CCCC2(CC(C3CCCCC3)=NO2)C1. The van der Waals surface area contributed by atoms with E-state index in [1.165, 1.54) is 44.9 Å². The summed E-state index contributed by atoms with van der Waals surface area (Å²) in [7, 11) is 1.43. The fourth-order valence-corrected chi connectivity index (χ4v) is 3.81. The number of piperidine rings is 1. The van der Waals surface area contributed by atoms with Gasteiger partial charge in [0, 0.05) is 18.9 Å². The summed E-state index contributed by atoms with van der Waals surface area (Å²) in [4.78, 5) is 19.3. The number of hydrogen-bond acceptors (Lipinski definition) is 4. The second-order valence-electron chi connectivity index (χ2n) is 6.36. The second kappa shape index (κ2) is 5.62. The van der Waals surface area contributed by atoms with Gasteiger partial charge in [0.15, 0.2) is 5.60 Å². The minimum atomic E-state index is -0.279. The molecule has 0 aromatic carbocycles. The number of carbonyl (C=O) groups excluding carboxylic acids is 1. The molecule has 0 radical (unpaired) electrons. The molecule has 0 aromatic rings. The van der Waals surface area contributed by atoms with Gasteiger partial charge < -0.3 is 14.5 Å². The Morgan fingerprint density at radius 3 is 2.90 bits per heavy atom. The van der Waals surface area contributed by atoms with Gasteiger partial charge in [-0.05, 0) is 25.7 Å². The summed E-state index contributed by atoms with van der Waals surface area (Å²) < 4.78 is 4.83. The van der Waals surface area contributed by atoms with Crippen LogP contribution in [0.25, 0.3) is 0 Å². The zero-order valence-electron chi connectivity index (χ0n) is 12.3. The van der Waals surface area contributed by atoms with E-state index in [0.717, 1.165) is 25.8 Å². The van der Waals surface area contributed by atoms with Gasteiger partial charge in [-0.25, -0.2) is 4.79 Å². The van der Waals surface area contributed by atoms with Crippen LogP contribution in [0.5, 0.6) is 0 Å². The standard InChI is InChI=1S/C15H24N2O3/c1-19-14(18)17-9-5-8-15(11-17)10-13(16-20-15)12-6-3-2-4-7-12/h12H,2-11H2,1H3. The highest BCUT2D eigenvalue weighted by atomic mass is 16.7. The van der Waals surface area contributed by atoms with Crippen LogP contribution in [0.1, 0.15) is 51.4 Å². The van der Waals surface area contributed by atoms with E-state index in [1.807, 2.05) is 0 Å². The summed E-state index contributed by atoms with van der Waals surface area (Å²) in [6, 6.07) is 0. The minimum absolute atomic E-state index is 0.251. The monoisotopic (exact) mass is 280 g/mol. The first kappa shape index (κ1) is 13.7. The summed E-state index contributed by atoms with van der Waals surface area (Å²) >= 11 is 0. The van der Waals surface area contributed by atoms with E-state index in [9.17, 15) is 4.79 Å². The van der Waals surface area contributed by atoms with Gasteiger partial charge in [-0.15, -0.1) is 0 Å². The van der Waals surface area contributed by atoms with Crippen LogP contribution in [-0.4, -0.2) is 42.5 Å². The Balaban J connectivity index is 1.62. The van der Waals surface area contributed by atoms with Crippen LogP contribution in [0, 0.1) is 5.92 Å². The fourth-order valence-electron chi connectivity index (χ4n) is 3.81. The number of methoxy groups -OCH3 is 1. The first-order valence-electron chi connectivity index (χ1n) is 7.80. The Morgan fingerprint density at radius 2 is 2.15 bits per heavy atom. The lowest BCUT2D eigenvalue weighted by Crippen LogP contribution is -2.50. The molecule has 1 aliphatic carbocycles. The molecule has 20 heavy (non-hydrogen) atoms. The normalized spacial score (nSPS) is 31.1. The Hall–Kier alpha value is -1.26. The van der Waals surface area contributed by atoms with Crippen LogP contribution >= 0.6 is 0 Å². The topological polar surface area (TPSA) is 51.1 Å². The second-order valence-corrected chi connectivity index (χ2v) is 6.36. The van der Waals surface area contributed by atoms with Crippen LogP contribution in [0.15, 0.2) is 5.16 Å². The largest absolute Gasteiger partial charge is 0.453 e. The molecule has 0 N–H and O–H groups in total. The van der Waals surface area contributed by atoms with Crippen molar-refractivity contribution in [3.63, 3.8) is 0 Å². The summed E-state index contributed by atoms with van der Waals surface area (Å²) in [5.74, 6) is 0.608. The molecule has 112 valence electrons. The van der Waals surface area contributed by atoms with Crippen molar-refractivity contribution < 1.29 is 14.4 Å². The number of ether oxygens (including phenoxy) is 1. The molecule has 2 fully saturated rings. The first-order valence-corrected chi connectivity index (χ1v) is 7.80. The van der Waals surface area contributed by atoms with Gasteiger partial charge in [-0.3, -0.25) is 0 Å². The van der Waals surface area contributed by atoms with E-state index < -0.39 is 0 Å². The lowest BCUT2D eigenvalue weighted by molar-refractivity contribution is -0.0643. The number of oxime groups is 1. The quantitative estimate of drug-likeness (QED) is 0.742. The summed E-state index contributed by atoms with van der Waals surface area (Å²) in [5, 5.41) is 4.39. The molecule has 2 heterocycles. The van der Waals surface area contributed by atoms with Crippen molar-refractivity contribution in [1.29, 1.82) is 0 Å². The molecular formula is C15H24N2O3. The molecule has 1 amide bonds. The van der Waals surface area contributed by atoms with Gasteiger partial charge in [-0.2, -0.15) is 0 Å². The maximum absolute atomic E-state index is 11.7. The number of hydrogen-bond donors (Lipinski definition) is 0.